The topological polar surface area (TPSA) is 86.5 Å². The number of nitrogens with zero attached hydrogens (tertiary/aromatic N) is 1. The van der Waals surface area contributed by atoms with Gasteiger partial charge >= 0.3 is 0 Å². The summed E-state index contributed by atoms with van der Waals surface area (Å²) in [6.07, 6.45) is -0.0587. The Labute approximate surface area is 127 Å². The summed E-state index contributed by atoms with van der Waals surface area (Å²) in [6.45, 7) is 2.86. The molecule has 114 valence electrons. The Bertz CT molecular complexity index is 611. The van der Waals surface area contributed by atoms with E-state index in [-0.39, 0.29) is 18.4 Å². The second-order valence-corrected chi connectivity index (χ2v) is 5.46. The first kappa shape index (κ1) is 15.7. The number of carbonyl (C=O) groups excluding carboxylic acids is 1. The zero-order valence-corrected chi connectivity index (χ0v) is 12.9. The van der Waals surface area contributed by atoms with Gasteiger partial charge in [0.15, 0.2) is 5.13 Å². The first-order valence-electron chi connectivity index (χ1n) is 6.72. The fraction of sp³-hybridized carbons (Fsp3) is 0.429. The van der Waals surface area contributed by atoms with Crippen LogP contribution in [-0.4, -0.2) is 37.3 Å². The lowest BCUT2D eigenvalue weighted by atomic mass is 10.2. The lowest BCUT2D eigenvalue weighted by molar-refractivity contribution is -0.118. The number of amides is 1. The summed E-state index contributed by atoms with van der Waals surface area (Å²) in [5.74, 6) is 0.644. The molecule has 21 heavy (non-hydrogen) atoms. The smallest absolute Gasteiger partial charge is 0.228 e. The number of rotatable bonds is 7. The van der Waals surface area contributed by atoms with Gasteiger partial charge in [-0.1, -0.05) is 11.3 Å². The van der Waals surface area contributed by atoms with E-state index < -0.39 is 0 Å². The summed E-state index contributed by atoms with van der Waals surface area (Å²) >= 11 is 1.41. The van der Waals surface area contributed by atoms with Crippen LogP contribution in [0.1, 0.15) is 13.3 Å². The molecule has 0 bridgehead atoms. The van der Waals surface area contributed by atoms with Gasteiger partial charge in [0.05, 0.1) is 29.3 Å². The number of anilines is 1. The summed E-state index contributed by atoms with van der Waals surface area (Å²) in [4.78, 5) is 16.3. The van der Waals surface area contributed by atoms with Crippen molar-refractivity contribution in [2.75, 3.05) is 25.6 Å². The molecule has 2 rings (SSSR count). The van der Waals surface area contributed by atoms with E-state index in [1.165, 1.54) is 18.4 Å². The van der Waals surface area contributed by atoms with E-state index in [0.717, 1.165) is 16.0 Å². The van der Waals surface area contributed by atoms with E-state index in [0.29, 0.717) is 18.3 Å². The molecule has 7 heteroatoms. The predicted molar refractivity (Wildman–Crippen MR) is 83.9 cm³/mol. The minimum Gasteiger partial charge on any atom is -0.494 e. The van der Waals surface area contributed by atoms with E-state index in [9.17, 15) is 4.79 Å². The zero-order chi connectivity index (χ0) is 15.2. The number of nitrogens with one attached hydrogen (secondary N) is 1. The molecule has 1 unspecified atom stereocenters. The van der Waals surface area contributed by atoms with Crippen LogP contribution in [0.25, 0.3) is 10.2 Å². The fourth-order valence-corrected chi connectivity index (χ4v) is 2.77. The summed E-state index contributed by atoms with van der Waals surface area (Å²) < 4.78 is 11.5. The number of methoxy groups -OCH3 is 1. The van der Waals surface area contributed by atoms with Crippen molar-refractivity contribution in [2.45, 2.75) is 19.4 Å². The van der Waals surface area contributed by atoms with Crippen molar-refractivity contribution in [2.24, 2.45) is 5.73 Å². The molecular formula is C14H19N3O3S. The van der Waals surface area contributed by atoms with Crippen molar-refractivity contribution in [3.63, 3.8) is 0 Å². The van der Waals surface area contributed by atoms with Gasteiger partial charge in [0.25, 0.3) is 0 Å². The summed E-state index contributed by atoms with van der Waals surface area (Å²) in [5, 5.41) is 3.34. The third-order valence-electron chi connectivity index (χ3n) is 2.93. The highest BCUT2D eigenvalue weighted by molar-refractivity contribution is 7.22. The maximum Gasteiger partial charge on any atom is 0.228 e. The normalized spacial score (nSPS) is 12.3. The monoisotopic (exact) mass is 309 g/mol. The number of carbonyl (C=O) groups is 1. The van der Waals surface area contributed by atoms with E-state index in [1.807, 2.05) is 25.1 Å². The molecule has 0 fully saturated rings. The second kappa shape index (κ2) is 7.35. The number of fused-ring (bicyclic) bond motifs is 1. The Balaban J connectivity index is 2.06. The van der Waals surface area contributed by atoms with Gasteiger partial charge in [-0.2, -0.15) is 0 Å². The number of hydrogen-bond donors (Lipinski definition) is 2. The van der Waals surface area contributed by atoms with Gasteiger partial charge in [-0.15, -0.1) is 0 Å². The molecule has 0 aliphatic carbocycles. The second-order valence-electron chi connectivity index (χ2n) is 4.43. The Morgan fingerprint density at radius 2 is 2.33 bits per heavy atom. The third-order valence-corrected chi connectivity index (χ3v) is 3.86. The van der Waals surface area contributed by atoms with Crippen molar-refractivity contribution in [1.29, 1.82) is 0 Å². The molecule has 2 aromatic rings. The van der Waals surface area contributed by atoms with Crippen molar-refractivity contribution >= 4 is 32.6 Å². The van der Waals surface area contributed by atoms with E-state index >= 15 is 0 Å². The molecule has 1 amide bonds. The van der Waals surface area contributed by atoms with Crippen LogP contribution in [0.4, 0.5) is 5.13 Å². The lowest BCUT2D eigenvalue weighted by Crippen LogP contribution is -2.28. The number of ether oxygens (including phenoxy) is 2. The minimum absolute atomic E-state index is 0.156. The molecule has 0 aliphatic heterocycles. The van der Waals surface area contributed by atoms with Crippen molar-refractivity contribution in [1.82, 2.24) is 4.98 Å². The minimum atomic E-state index is -0.274. The standard InChI is InChI=1S/C14H19N3O3S/c1-3-20-9-4-5-11-12(6-9)21-14(16-11)17-13(18)7-10(8-15)19-2/h4-6,10H,3,7-8,15H2,1-2H3,(H,16,17,18). The molecule has 1 aromatic carbocycles. The first-order chi connectivity index (χ1) is 10.2. The van der Waals surface area contributed by atoms with Crippen molar-refractivity contribution in [3.05, 3.63) is 18.2 Å². The highest BCUT2D eigenvalue weighted by Crippen LogP contribution is 2.29. The lowest BCUT2D eigenvalue weighted by Gasteiger charge is -2.11. The van der Waals surface area contributed by atoms with Gasteiger partial charge in [0.2, 0.25) is 5.91 Å². The summed E-state index contributed by atoms with van der Waals surface area (Å²) in [6, 6.07) is 5.67. The molecular weight excluding hydrogens is 290 g/mol. The molecule has 0 saturated carbocycles. The number of hydrogen-bond acceptors (Lipinski definition) is 6. The summed E-state index contributed by atoms with van der Waals surface area (Å²) in [7, 11) is 1.54. The quantitative estimate of drug-likeness (QED) is 0.817. The van der Waals surface area contributed by atoms with Crippen LogP contribution in [0.2, 0.25) is 0 Å². The largest absolute Gasteiger partial charge is 0.494 e. The maximum atomic E-state index is 11.9. The zero-order valence-electron chi connectivity index (χ0n) is 12.1. The van der Waals surface area contributed by atoms with Gasteiger partial charge < -0.3 is 20.5 Å². The van der Waals surface area contributed by atoms with E-state index in [1.54, 1.807) is 0 Å². The molecule has 0 radical (unpaired) electrons. The SMILES string of the molecule is CCOc1ccc2nc(NC(=O)CC(CN)OC)sc2c1. The van der Waals surface area contributed by atoms with Crippen molar-refractivity contribution < 1.29 is 14.3 Å². The predicted octanol–water partition coefficient (Wildman–Crippen LogP) is 2.00. The van der Waals surface area contributed by atoms with Gasteiger partial charge in [-0.05, 0) is 25.1 Å². The van der Waals surface area contributed by atoms with Crippen LogP contribution < -0.4 is 15.8 Å². The molecule has 6 nitrogen and oxygen atoms in total. The molecule has 1 aromatic heterocycles. The van der Waals surface area contributed by atoms with Crippen LogP contribution >= 0.6 is 11.3 Å². The molecule has 0 aliphatic rings. The van der Waals surface area contributed by atoms with Gasteiger partial charge in [0, 0.05) is 13.7 Å². The molecule has 0 spiro atoms. The number of aromatic nitrogens is 1. The van der Waals surface area contributed by atoms with E-state index in [4.69, 9.17) is 15.2 Å². The average molecular weight is 309 g/mol. The highest BCUT2D eigenvalue weighted by Gasteiger charge is 2.13. The Morgan fingerprint density at radius 1 is 1.52 bits per heavy atom. The number of benzene rings is 1. The Morgan fingerprint density at radius 3 is 3.00 bits per heavy atom. The van der Waals surface area contributed by atoms with Gasteiger partial charge in [0.1, 0.15) is 5.75 Å². The first-order valence-corrected chi connectivity index (χ1v) is 7.54. The molecule has 1 heterocycles. The maximum absolute atomic E-state index is 11.9. The molecule has 1 atom stereocenters. The highest BCUT2D eigenvalue weighted by atomic mass is 32.1. The Kier molecular flexibility index (Phi) is 5.49. The molecule has 3 N–H and O–H groups in total. The van der Waals surface area contributed by atoms with Gasteiger partial charge in [-0.25, -0.2) is 4.98 Å². The van der Waals surface area contributed by atoms with Crippen LogP contribution in [0.15, 0.2) is 18.2 Å². The third kappa shape index (κ3) is 4.13. The van der Waals surface area contributed by atoms with Crippen LogP contribution in [-0.2, 0) is 9.53 Å². The molecule has 0 saturated heterocycles. The van der Waals surface area contributed by atoms with Crippen LogP contribution in [0, 0.1) is 0 Å². The number of nitrogens with two attached hydrogens (primary N) is 1. The fourth-order valence-electron chi connectivity index (χ4n) is 1.85. The van der Waals surface area contributed by atoms with Crippen LogP contribution in [0.5, 0.6) is 5.75 Å². The summed E-state index contributed by atoms with van der Waals surface area (Å²) in [5.41, 5.74) is 6.33. The van der Waals surface area contributed by atoms with Gasteiger partial charge in [-0.3, -0.25) is 4.79 Å². The average Bonchev–Trinajstić information content (AvgIpc) is 2.86. The van der Waals surface area contributed by atoms with E-state index in [2.05, 4.69) is 10.3 Å². The van der Waals surface area contributed by atoms with Crippen molar-refractivity contribution in [3.8, 4) is 5.75 Å². The van der Waals surface area contributed by atoms with Crippen LogP contribution in [0.3, 0.4) is 0 Å². The Hall–Kier alpha value is -1.70. The number of thiazole rings is 1.